The van der Waals surface area contributed by atoms with Gasteiger partial charge in [0.25, 0.3) is 11.6 Å². The van der Waals surface area contributed by atoms with Crippen molar-refractivity contribution in [1.29, 1.82) is 0 Å². The average Bonchev–Trinajstić information content (AvgIpc) is 3.04. The van der Waals surface area contributed by atoms with Crippen LogP contribution >= 0.6 is 0 Å². The quantitative estimate of drug-likeness (QED) is 0.513. The van der Waals surface area contributed by atoms with E-state index in [1.54, 1.807) is 11.8 Å². The number of benzene rings is 1. The molecule has 1 saturated heterocycles. The number of esters is 1. The number of amides is 1. The number of carbonyl (C=O) groups is 2. The molecular weight excluding hydrogens is 328 g/mol. The molecule has 1 aromatic heterocycles. The Kier molecular flexibility index (Phi) is 4.64. The molecule has 0 aliphatic carbocycles. The maximum absolute atomic E-state index is 12.7. The van der Waals surface area contributed by atoms with E-state index in [0.29, 0.717) is 43.4 Å². The van der Waals surface area contributed by atoms with Crippen LogP contribution in [0.4, 0.5) is 5.69 Å². The topological polar surface area (TPSA) is 118 Å². The number of fused-ring (bicyclic) bond motifs is 1. The fourth-order valence-corrected chi connectivity index (χ4v) is 3.01. The van der Waals surface area contributed by atoms with Crippen LogP contribution in [-0.4, -0.2) is 51.6 Å². The summed E-state index contributed by atoms with van der Waals surface area (Å²) in [5.41, 5.74) is 0.632. The molecule has 1 fully saturated rings. The number of piperidine rings is 1. The molecule has 1 aliphatic heterocycles. The Hall–Kier alpha value is -2.97. The highest BCUT2D eigenvalue weighted by atomic mass is 16.6. The number of aromatic amines is 1. The van der Waals surface area contributed by atoms with Gasteiger partial charge >= 0.3 is 5.97 Å². The van der Waals surface area contributed by atoms with Crippen LogP contribution in [0.15, 0.2) is 18.2 Å². The highest BCUT2D eigenvalue weighted by molar-refractivity contribution is 6.05. The number of rotatable bonds is 4. The van der Waals surface area contributed by atoms with Crippen LogP contribution in [0.5, 0.6) is 0 Å². The van der Waals surface area contributed by atoms with E-state index in [-0.39, 0.29) is 29.2 Å². The number of carbonyl (C=O) groups excluding carboxylic acids is 2. The zero-order chi connectivity index (χ0) is 18.0. The zero-order valence-electron chi connectivity index (χ0n) is 13.7. The summed E-state index contributed by atoms with van der Waals surface area (Å²) < 4.78 is 5.02. The first-order valence-corrected chi connectivity index (χ1v) is 8.09. The molecule has 0 spiro atoms. The van der Waals surface area contributed by atoms with E-state index in [4.69, 9.17) is 4.74 Å². The van der Waals surface area contributed by atoms with Gasteiger partial charge in [-0.25, -0.2) is 0 Å². The van der Waals surface area contributed by atoms with Crippen molar-refractivity contribution in [2.45, 2.75) is 19.8 Å². The molecule has 2 heterocycles. The second-order valence-corrected chi connectivity index (χ2v) is 5.88. The third-order valence-electron chi connectivity index (χ3n) is 4.36. The van der Waals surface area contributed by atoms with Crippen molar-refractivity contribution < 1.29 is 19.2 Å². The van der Waals surface area contributed by atoms with Gasteiger partial charge in [-0.15, -0.1) is 0 Å². The fourth-order valence-electron chi connectivity index (χ4n) is 3.01. The van der Waals surface area contributed by atoms with Gasteiger partial charge in [0.05, 0.1) is 23.0 Å². The van der Waals surface area contributed by atoms with E-state index in [1.807, 2.05) is 0 Å². The Bertz CT molecular complexity index is 823. The third kappa shape index (κ3) is 3.30. The number of non-ortho nitro benzene ring substituents is 1. The Morgan fingerprint density at radius 3 is 2.76 bits per heavy atom. The highest BCUT2D eigenvalue weighted by Gasteiger charge is 2.30. The molecule has 1 aliphatic rings. The maximum atomic E-state index is 12.7. The van der Waals surface area contributed by atoms with Crippen molar-refractivity contribution in [3.63, 3.8) is 0 Å². The molecule has 9 heteroatoms. The molecule has 1 N–H and O–H groups in total. The molecule has 3 rings (SSSR count). The Labute approximate surface area is 143 Å². The van der Waals surface area contributed by atoms with Crippen LogP contribution in [-0.2, 0) is 9.53 Å². The van der Waals surface area contributed by atoms with Gasteiger partial charge in [-0.2, -0.15) is 5.10 Å². The summed E-state index contributed by atoms with van der Waals surface area (Å²) in [4.78, 5) is 36.5. The number of ether oxygens (including phenoxy) is 1. The summed E-state index contributed by atoms with van der Waals surface area (Å²) in [5.74, 6) is -0.717. The van der Waals surface area contributed by atoms with Crippen molar-refractivity contribution in [2.75, 3.05) is 19.7 Å². The SMILES string of the molecule is CCOC(=O)C1CCN(C(=O)c2n[nH]c3ccc([N+](=O)[O-])cc23)CC1. The molecule has 132 valence electrons. The molecule has 9 nitrogen and oxygen atoms in total. The number of hydrogen-bond acceptors (Lipinski definition) is 6. The molecule has 1 aromatic carbocycles. The van der Waals surface area contributed by atoms with E-state index < -0.39 is 4.92 Å². The minimum atomic E-state index is -0.508. The maximum Gasteiger partial charge on any atom is 0.309 e. The number of nitro groups is 1. The molecule has 1 amide bonds. The number of hydrogen-bond donors (Lipinski definition) is 1. The predicted octanol–water partition coefficient (Wildman–Crippen LogP) is 1.89. The van der Waals surface area contributed by atoms with E-state index >= 15 is 0 Å². The van der Waals surface area contributed by atoms with E-state index in [0.717, 1.165) is 0 Å². The molecule has 0 atom stereocenters. The van der Waals surface area contributed by atoms with E-state index in [9.17, 15) is 19.7 Å². The Morgan fingerprint density at radius 2 is 2.12 bits per heavy atom. The first kappa shape index (κ1) is 16.9. The normalized spacial score (nSPS) is 15.3. The van der Waals surface area contributed by atoms with Crippen molar-refractivity contribution in [2.24, 2.45) is 5.92 Å². The van der Waals surface area contributed by atoms with Crippen LogP contribution < -0.4 is 0 Å². The molecule has 0 unspecified atom stereocenters. The van der Waals surface area contributed by atoms with Gasteiger partial charge in [0.2, 0.25) is 0 Å². The van der Waals surface area contributed by atoms with Gasteiger partial charge in [0.15, 0.2) is 5.69 Å². The van der Waals surface area contributed by atoms with Crippen molar-refractivity contribution in [3.05, 3.63) is 34.0 Å². The van der Waals surface area contributed by atoms with Crippen molar-refractivity contribution in [3.8, 4) is 0 Å². The number of H-pyrrole nitrogens is 1. The molecule has 0 saturated carbocycles. The van der Waals surface area contributed by atoms with E-state index in [1.165, 1.54) is 18.2 Å². The van der Waals surface area contributed by atoms with Crippen LogP contribution in [0.25, 0.3) is 10.9 Å². The molecule has 0 radical (unpaired) electrons. The number of nitrogens with one attached hydrogen (secondary N) is 1. The van der Waals surface area contributed by atoms with Crippen LogP contribution in [0.2, 0.25) is 0 Å². The second-order valence-electron chi connectivity index (χ2n) is 5.88. The smallest absolute Gasteiger partial charge is 0.309 e. The average molecular weight is 346 g/mol. The highest BCUT2D eigenvalue weighted by Crippen LogP contribution is 2.25. The number of aromatic nitrogens is 2. The van der Waals surface area contributed by atoms with Gasteiger partial charge in [-0.05, 0) is 25.8 Å². The van der Waals surface area contributed by atoms with Crippen LogP contribution in [0.1, 0.15) is 30.3 Å². The summed E-state index contributed by atoms with van der Waals surface area (Å²) in [6, 6.07) is 4.24. The van der Waals surface area contributed by atoms with Gasteiger partial charge in [-0.1, -0.05) is 0 Å². The molecule has 2 aromatic rings. The lowest BCUT2D eigenvalue weighted by Crippen LogP contribution is -2.40. The van der Waals surface area contributed by atoms with Gasteiger partial charge in [0, 0.05) is 30.6 Å². The molecular formula is C16H18N4O5. The van der Waals surface area contributed by atoms with Crippen LogP contribution in [0.3, 0.4) is 0 Å². The van der Waals surface area contributed by atoms with Gasteiger partial charge in [-0.3, -0.25) is 24.8 Å². The summed E-state index contributed by atoms with van der Waals surface area (Å²) in [6.45, 7) is 2.95. The third-order valence-corrected chi connectivity index (χ3v) is 4.36. The zero-order valence-corrected chi connectivity index (χ0v) is 13.7. The van der Waals surface area contributed by atoms with Crippen molar-refractivity contribution in [1.82, 2.24) is 15.1 Å². The van der Waals surface area contributed by atoms with Gasteiger partial charge < -0.3 is 9.64 Å². The lowest BCUT2D eigenvalue weighted by molar-refractivity contribution is -0.384. The monoisotopic (exact) mass is 346 g/mol. The Morgan fingerprint density at radius 1 is 1.40 bits per heavy atom. The standard InChI is InChI=1S/C16H18N4O5/c1-2-25-16(22)10-5-7-19(8-6-10)15(21)14-12-9-11(20(23)24)3-4-13(12)17-18-14/h3-4,9-10H,2,5-8H2,1H3,(H,17,18). The summed E-state index contributed by atoms with van der Waals surface area (Å²) in [6.07, 6.45) is 1.07. The number of likely N-dealkylation sites (tertiary alicyclic amines) is 1. The molecule has 25 heavy (non-hydrogen) atoms. The largest absolute Gasteiger partial charge is 0.466 e. The summed E-state index contributed by atoms with van der Waals surface area (Å²) >= 11 is 0. The number of nitro benzene ring substituents is 1. The minimum absolute atomic E-state index is 0.0935. The minimum Gasteiger partial charge on any atom is -0.466 e. The van der Waals surface area contributed by atoms with Gasteiger partial charge in [0.1, 0.15) is 0 Å². The lowest BCUT2D eigenvalue weighted by atomic mass is 9.96. The summed E-state index contributed by atoms with van der Waals surface area (Å²) in [7, 11) is 0. The second kappa shape index (κ2) is 6.88. The number of nitrogens with zero attached hydrogens (tertiary/aromatic N) is 3. The van der Waals surface area contributed by atoms with Crippen molar-refractivity contribution >= 4 is 28.5 Å². The predicted molar refractivity (Wildman–Crippen MR) is 88.0 cm³/mol. The van der Waals surface area contributed by atoms with Crippen LogP contribution in [0, 0.1) is 16.0 Å². The first-order chi connectivity index (χ1) is 12.0. The molecule has 0 bridgehead atoms. The van der Waals surface area contributed by atoms with E-state index in [2.05, 4.69) is 10.2 Å². The fraction of sp³-hybridized carbons (Fsp3) is 0.438. The Balaban J connectivity index is 1.76. The lowest BCUT2D eigenvalue weighted by Gasteiger charge is -2.30. The summed E-state index contributed by atoms with van der Waals surface area (Å²) in [5, 5.41) is 18.1. The first-order valence-electron chi connectivity index (χ1n) is 8.09.